The highest BCUT2D eigenvalue weighted by atomic mass is 16.5. The summed E-state index contributed by atoms with van der Waals surface area (Å²) < 4.78 is 11.1. The van der Waals surface area contributed by atoms with Gasteiger partial charge in [0.1, 0.15) is 17.2 Å². The number of benzene rings is 1. The van der Waals surface area contributed by atoms with Crippen molar-refractivity contribution in [2.75, 3.05) is 6.61 Å². The minimum absolute atomic E-state index is 0.273. The van der Waals surface area contributed by atoms with Crippen molar-refractivity contribution < 1.29 is 9.26 Å². The van der Waals surface area contributed by atoms with Crippen LogP contribution < -0.4 is 4.74 Å². The lowest BCUT2D eigenvalue weighted by Gasteiger charge is -2.19. The molecule has 1 aromatic heterocycles. The van der Waals surface area contributed by atoms with Crippen LogP contribution in [0.3, 0.4) is 0 Å². The van der Waals surface area contributed by atoms with E-state index in [0.29, 0.717) is 6.61 Å². The van der Waals surface area contributed by atoms with Crippen molar-refractivity contribution in [3.63, 3.8) is 0 Å². The summed E-state index contributed by atoms with van der Waals surface area (Å²) in [6.45, 7) is 11.3. The van der Waals surface area contributed by atoms with Crippen LogP contribution in [0.15, 0.2) is 28.8 Å². The fourth-order valence-corrected chi connectivity index (χ4v) is 1.93. The molecule has 0 saturated heterocycles. The molecule has 0 unspecified atom stereocenters. The first-order valence-electron chi connectivity index (χ1n) is 7.02. The molecular weight excluding hydrogens is 250 g/mol. The van der Waals surface area contributed by atoms with Gasteiger partial charge in [-0.25, -0.2) is 0 Å². The molecular formula is C17H23NO2. The number of nitrogens with zero attached hydrogens (tertiary/aromatic N) is 1. The van der Waals surface area contributed by atoms with Crippen molar-refractivity contribution in [3.05, 3.63) is 35.6 Å². The number of aryl methyl sites for hydroxylation is 2. The summed E-state index contributed by atoms with van der Waals surface area (Å²) in [4.78, 5) is 0. The van der Waals surface area contributed by atoms with Crippen molar-refractivity contribution in [1.82, 2.24) is 5.16 Å². The Morgan fingerprint density at radius 1 is 1.15 bits per heavy atom. The third-order valence-electron chi connectivity index (χ3n) is 3.15. The fraction of sp³-hybridized carbons (Fsp3) is 0.471. The zero-order valence-corrected chi connectivity index (χ0v) is 13.0. The summed E-state index contributed by atoms with van der Waals surface area (Å²) in [7, 11) is 0. The van der Waals surface area contributed by atoms with Crippen LogP contribution in [-0.4, -0.2) is 11.8 Å². The van der Waals surface area contributed by atoms with Crippen LogP contribution in [0.2, 0.25) is 0 Å². The van der Waals surface area contributed by atoms with E-state index in [4.69, 9.17) is 9.26 Å². The van der Waals surface area contributed by atoms with Crippen molar-refractivity contribution in [3.8, 4) is 17.0 Å². The van der Waals surface area contributed by atoms with Crippen molar-refractivity contribution in [1.29, 1.82) is 0 Å². The number of ether oxygens (including phenoxy) is 1. The zero-order chi connectivity index (χ0) is 14.8. The highest BCUT2D eigenvalue weighted by Gasteiger charge is 2.13. The molecule has 0 N–H and O–H groups in total. The van der Waals surface area contributed by atoms with Crippen LogP contribution in [0.4, 0.5) is 0 Å². The molecule has 1 aromatic carbocycles. The molecule has 108 valence electrons. The second-order valence-electron chi connectivity index (χ2n) is 6.48. The lowest BCUT2D eigenvalue weighted by Crippen LogP contribution is -2.11. The van der Waals surface area contributed by atoms with Gasteiger partial charge in [0.15, 0.2) is 0 Å². The molecule has 20 heavy (non-hydrogen) atoms. The lowest BCUT2D eigenvalue weighted by atomic mass is 9.93. The summed E-state index contributed by atoms with van der Waals surface area (Å²) in [5.41, 5.74) is 3.28. The maximum atomic E-state index is 5.95. The van der Waals surface area contributed by atoms with Gasteiger partial charge in [-0.3, -0.25) is 0 Å². The molecule has 0 fully saturated rings. The summed E-state index contributed by atoms with van der Waals surface area (Å²) in [6.07, 6.45) is 1.01. The Labute approximate surface area is 120 Å². The molecule has 0 amide bonds. The molecule has 0 saturated carbocycles. The number of rotatable bonds is 4. The van der Waals surface area contributed by atoms with Crippen LogP contribution in [0.25, 0.3) is 11.3 Å². The number of aromatic nitrogens is 1. The molecule has 0 aliphatic heterocycles. The van der Waals surface area contributed by atoms with Gasteiger partial charge in [-0.2, -0.15) is 0 Å². The first kappa shape index (κ1) is 14.6. The molecule has 0 aliphatic carbocycles. The second-order valence-corrected chi connectivity index (χ2v) is 6.48. The largest absolute Gasteiger partial charge is 0.493 e. The van der Waals surface area contributed by atoms with E-state index in [2.05, 4.69) is 45.0 Å². The highest BCUT2D eigenvalue weighted by Crippen LogP contribution is 2.31. The summed E-state index contributed by atoms with van der Waals surface area (Å²) in [5.74, 6) is 1.68. The Balaban J connectivity index is 2.20. The van der Waals surface area contributed by atoms with Gasteiger partial charge in [0.2, 0.25) is 0 Å². The van der Waals surface area contributed by atoms with Crippen LogP contribution >= 0.6 is 0 Å². The van der Waals surface area contributed by atoms with E-state index in [1.807, 2.05) is 19.1 Å². The Kier molecular flexibility index (Phi) is 4.17. The predicted molar refractivity (Wildman–Crippen MR) is 81.0 cm³/mol. The first-order chi connectivity index (χ1) is 9.35. The van der Waals surface area contributed by atoms with E-state index in [1.54, 1.807) is 0 Å². The van der Waals surface area contributed by atoms with Crippen molar-refractivity contribution in [2.45, 2.75) is 41.0 Å². The van der Waals surface area contributed by atoms with Gasteiger partial charge in [-0.05, 0) is 37.8 Å². The standard InChI is InChI=1S/C17H23NO2/c1-12-6-7-16(19-9-8-17(3,4)5)14(10-12)15-11-13(2)20-18-15/h6-7,10-11H,8-9H2,1-5H3. The molecule has 2 rings (SSSR count). The Morgan fingerprint density at radius 3 is 2.50 bits per heavy atom. The molecule has 2 aromatic rings. The normalized spacial score (nSPS) is 11.7. The van der Waals surface area contributed by atoms with Gasteiger partial charge in [0.05, 0.1) is 6.61 Å². The quantitative estimate of drug-likeness (QED) is 0.804. The van der Waals surface area contributed by atoms with E-state index in [-0.39, 0.29) is 5.41 Å². The van der Waals surface area contributed by atoms with Gasteiger partial charge in [0, 0.05) is 11.6 Å². The minimum atomic E-state index is 0.273. The molecule has 0 radical (unpaired) electrons. The molecule has 3 nitrogen and oxygen atoms in total. The van der Waals surface area contributed by atoms with Crippen LogP contribution in [-0.2, 0) is 0 Å². The van der Waals surface area contributed by atoms with E-state index < -0.39 is 0 Å². The van der Waals surface area contributed by atoms with Crippen LogP contribution in [0, 0.1) is 19.3 Å². The van der Waals surface area contributed by atoms with Crippen LogP contribution in [0.5, 0.6) is 5.75 Å². The first-order valence-corrected chi connectivity index (χ1v) is 7.02. The van der Waals surface area contributed by atoms with Crippen molar-refractivity contribution >= 4 is 0 Å². The van der Waals surface area contributed by atoms with Gasteiger partial charge in [-0.1, -0.05) is 37.6 Å². The monoisotopic (exact) mass is 273 g/mol. The van der Waals surface area contributed by atoms with Gasteiger partial charge in [0.25, 0.3) is 0 Å². The second kappa shape index (κ2) is 5.70. The molecule has 3 heteroatoms. The van der Waals surface area contributed by atoms with Gasteiger partial charge in [-0.15, -0.1) is 0 Å². The van der Waals surface area contributed by atoms with Crippen LogP contribution in [0.1, 0.15) is 38.5 Å². The highest BCUT2D eigenvalue weighted by molar-refractivity contribution is 5.67. The average molecular weight is 273 g/mol. The topological polar surface area (TPSA) is 35.3 Å². The van der Waals surface area contributed by atoms with E-state index in [1.165, 1.54) is 5.56 Å². The Hall–Kier alpha value is -1.77. The summed E-state index contributed by atoms with van der Waals surface area (Å²) in [6, 6.07) is 8.09. The zero-order valence-electron chi connectivity index (χ0n) is 13.0. The van der Waals surface area contributed by atoms with Crippen molar-refractivity contribution in [2.24, 2.45) is 5.41 Å². The predicted octanol–water partition coefficient (Wildman–Crippen LogP) is 4.77. The summed E-state index contributed by atoms with van der Waals surface area (Å²) >= 11 is 0. The van der Waals surface area contributed by atoms with E-state index in [9.17, 15) is 0 Å². The maximum absolute atomic E-state index is 5.95. The molecule has 0 bridgehead atoms. The number of hydrogen-bond donors (Lipinski definition) is 0. The Morgan fingerprint density at radius 2 is 1.90 bits per heavy atom. The van der Waals surface area contributed by atoms with E-state index in [0.717, 1.165) is 29.2 Å². The third-order valence-corrected chi connectivity index (χ3v) is 3.15. The van der Waals surface area contributed by atoms with Gasteiger partial charge < -0.3 is 9.26 Å². The molecule has 1 heterocycles. The number of hydrogen-bond acceptors (Lipinski definition) is 3. The fourth-order valence-electron chi connectivity index (χ4n) is 1.93. The summed E-state index contributed by atoms with van der Waals surface area (Å²) in [5, 5.41) is 4.09. The molecule has 0 aliphatic rings. The lowest BCUT2D eigenvalue weighted by molar-refractivity contribution is 0.243. The van der Waals surface area contributed by atoms with E-state index >= 15 is 0 Å². The SMILES string of the molecule is Cc1ccc(OCCC(C)(C)C)c(-c2cc(C)on2)c1. The minimum Gasteiger partial charge on any atom is -0.493 e. The third kappa shape index (κ3) is 3.86. The maximum Gasteiger partial charge on any atom is 0.134 e. The average Bonchev–Trinajstić information content (AvgIpc) is 2.76. The molecule has 0 atom stereocenters. The molecule has 0 spiro atoms. The smallest absolute Gasteiger partial charge is 0.134 e. The Bertz CT molecular complexity index is 579. The van der Waals surface area contributed by atoms with Gasteiger partial charge >= 0.3 is 0 Å².